The van der Waals surface area contributed by atoms with Gasteiger partial charge in [-0.1, -0.05) is 278 Å². The van der Waals surface area contributed by atoms with E-state index in [0.717, 1.165) is 115 Å². The number of hydrogen-bond acceptors (Lipinski definition) is 15. The molecule has 0 aromatic heterocycles. The third kappa shape index (κ3) is 62.7. The van der Waals surface area contributed by atoms with Crippen LogP contribution in [-0.2, 0) is 65.4 Å². The van der Waals surface area contributed by atoms with E-state index in [1.54, 1.807) is 0 Å². The molecule has 0 aliphatic carbocycles. The number of carbonyl (C=O) groups is 4. The minimum absolute atomic E-state index is 0.0846. The highest BCUT2D eigenvalue weighted by Crippen LogP contribution is 2.45. The highest BCUT2D eigenvalue weighted by molar-refractivity contribution is 7.47. The van der Waals surface area contributed by atoms with Crippen molar-refractivity contribution in [1.29, 1.82) is 0 Å². The Morgan fingerprint density at radius 3 is 1.01 bits per heavy atom. The van der Waals surface area contributed by atoms with E-state index in [1.807, 2.05) is 0 Å². The number of carbonyl (C=O) groups excluding carboxylic acids is 4. The number of aliphatic hydroxyl groups is 1. The molecule has 0 aliphatic heterocycles. The molecule has 0 aromatic carbocycles. The van der Waals surface area contributed by atoms with Crippen molar-refractivity contribution in [2.24, 2.45) is 11.8 Å². The van der Waals surface area contributed by atoms with E-state index in [-0.39, 0.29) is 25.7 Å². The van der Waals surface area contributed by atoms with Crippen LogP contribution in [0, 0.1) is 11.8 Å². The molecule has 6 atom stereocenters. The molecule has 0 amide bonds. The average Bonchev–Trinajstić information content (AvgIpc) is 3.54. The number of rotatable bonds is 67. The number of unbranched alkanes of at least 4 members (excludes halogenated alkanes) is 33. The fourth-order valence-corrected chi connectivity index (χ4v) is 11.6. The fraction of sp³-hybridized carbons (Fsp3) is 0.886. The van der Waals surface area contributed by atoms with E-state index >= 15 is 0 Å². The highest BCUT2D eigenvalue weighted by Gasteiger charge is 2.30. The molecule has 0 rings (SSSR count). The Labute approximate surface area is 542 Å². The molecular weight excluding hydrogens is 1170 g/mol. The summed E-state index contributed by atoms with van der Waals surface area (Å²) in [6.45, 7) is 9.42. The van der Waals surface area contributed by atoms with Gasteiger partial charge in [-0.05, 0) is 63.2 Å². The molecule has 0 fully saturated rings. The maximum absolute atomic E-state index is 13.0. The summed E-state index contributed by atoms with van der Waals surface area (Å²) < 4.78 is 68.2. The van der Waals surface area contributed by atoms with E-state index < -0.39 is 97.5 Å². The highest BCUT2D eigenvalue weighted by atomic mass is 31.2. The van der Waals surface area contributed by atoms with Gasteiger partial charge in [0.05, 0.1) is 26.4 Å². The lowest BCUT2D eigenvalue weighted by Crippen LogP contribution is -2.30. The molecule has 0 saturated carbocycles. The summed E-state index contributed by atoms with van der Waals surface area (Å²) >= 11 is 0. The Kier molecular flexibility index (Phi) is 60.0. The summed E-state index contributed by atoms with van der Waals surface area (Å²) in [7, 11) is -9.91. The Morgan fingerprint density at radius 2 is 0.663 bits per heavy atom. The van der Waals surface area contributed by atoms with E-state index in [1.165, 1.54) is 135 Å². The average molecular weight is 1310 g/mol. The second kappa shape index (κ2) is 61.7. The molecule has 0 aromatic rings. The zero-order valence-electron chi connectivity index (χ0n) is 57.2. The number of ether oxygens (including phenoxy) is 4. The zero-order valence-corrected chi connectivity index (χ0v) is 59.0. The molecule has 89 heavy (non-hydrogen) atoms. The molecule has 17 nitrogen and oxygen atoms in total. The first-order valence-electron chi connectivity index (χ1n) is 35.8. The van der Waals surface area contributed by atoms with Crippen LogP contribution in [0.25, 0.3) is 0 Å². The predicted octanol–water partition coefficient (Wildman–Crippen LogP) is 19.5. The lowest BCUT2D eigenvalue weighted by atomic mass is 10.00. The molecular formula is C70H132O17P2. The Morgan fingerprint density at radius 1 is 0.371 bits per heavy atom. The van der Waals surface area contributed by atoms with E-state index in [2.05, 4.69) is 65.8 Å². The minimum Gasteiger partial charge on any atom is -0.462 e. The first-order valence-corrected chi connectivity index (χ1v) is 38.8. The van der Waals surface area contributed by atoms with Crippen molar-refractivity contribution in [2.75, 3.05) is 39.6 Å². The van der Waals surface area contributed by atoms with Crippen LogP contribution in [0.3, 0.4) is 0 Å². The molecule has 0 bridgehead atoms. The minimum atomic E-state index is -4.96. The van der Waals surface area contributed by atoms with Crippen LogP contribution in [0.1, 0.15) is 330 Å². The first kappa shape index (κ1) is 86.5. The van der Waals surface area contributed by atoms with Crippen LogP contribution < -0.4 is 0 Å². The SMILES string of the molecule is CCCCCC/C=C\C=C/CCCCCCCC(=O)O[C@H](COC(=O)CCCCCCCCCCCCCC(C)C)COP(=O)(O)OC[C@@H](O)COP(=O)(O)OC[C@@H](COC(=O)CCCCCCCCCCCC)OC(=O)CCCCCCCCC(C)CC. The summed E-state index contributed by atoms with van der Waals surface area (Å²) in [4.78, 5) is 72.5. The molecule has 524 valence electrons. The molecule has 3 N–H and O–H groups in total. The summed E-state index contributed by atoms with van der Waals surface area (Å²) in [6, 6.07) is 0. The maximum Gasteiger partial charge on any atom is 0.472 e. The van der Waals surface area contributed by atoms with Crippen molar-refractivity contribution in [1.82, 2.24) is 0 Å². The van der Waals surface area contributed by atoms with Crippen LogP contribution in [0.2, 0.25) is 0 Å². The Bertz CT molecular complexity index is 1830. The maximum atomic E-state index is 13.0. The third-order valence-corrected chi connectivity index (χ3v) is 17.8. The number of phosphoric acid groups is 2. The van der Waals surface area contributed by atoms with Gasteiger partial charge in [-0.3, -0.25) is 37.3 Å². The number of aliphatic hydroxyl groups excluding tert-OH is 1. The number of allylic oxidation sites excluding steroid dienone is 4. The van der Waals surface area contributed by atoms with E-state index in [9.17, 15) is 43.2 Å². The molecule has 0 heterocycles. The van der Waals surface area contributed by atoms with Gasteiger partial charge in [0, 0.05) is 25.7 Å². The van der Waals surface area contributed by atoms with Crippen LogP contribution >= 0.6 is 15.6 Å². The predicted molar refractivity (Wildman–Crippen MR) is 358 cm³/mol. The Hall–Kier alpha value is -2.46. The van der Waals surface area contributed by atoms with Crippen LogP contribution in [-0.4, -0.2) is 96.7 Å². The van der Waals surface area contributed by atoms with Gasteiger partial charge in [0.25, 0.3) is 0 Å². The molecule has 0 saturated heterocycles. The molecule has 0 aliphatic rings. The van der Waals surface area contributed by atoms with Gasteiger partial charge in [-0.25, -0.2) is 9.13 Å². The van der Waals surface area contributed by atoms with Crippen molar-refractivity contribution >= 4 is 39.5 Å². The number of esters is 4. The topological polar surface area (TPSA) is 237 Å². The summed E-state index contributed by atoms with van der Waals surface area (Å²) in [6.07, 6.45) is 49.4. The van der Waals surface area contributed by atoms with Gasteiger partial charge in [-0.15, -0.1) is 0 Å². The molecule has 0 radical (unpaired) electrons. The van der Waals surface area contributed by atoms with Crippen LogP contribution in [0.4, 0.5) is 0 Å². The Balaban J connectivity index is 5.29. The largest absolute Gasteiger partial charge is 0.472 e. The van der Waals surface area contributed by atoms with Crippen molar-refractivity contribution < 1.29 is 80.2 Å². The first-order chi connectivity index (χ1) is 42.9. The van der Waals surface area contributed by atoms with Crippen molar-refractivity contribution in [3.63, 3.8) is 0 Å². The quantitative estimate of drug-likeness (QED) is 0.0169. The standard InChI is InChI=1S/C70H132O17P2/c1-7-10-12-14-16-18-20-21-22-23-26-31-35-42-48-54-69(74)86-65(58-80-68(73)53-47-41-34-30-27-24-25-28-32-38-44-50-62(4)5)60-84-88(76,77)82-56-64(71)57-83-89(78,79)85-61-66(87-70(75)55-49-43-37-36-39-45-51-63(6)9-3)59-81-67(72)52-46-40-33-29-19-17-15-13-11-8-2/h18,20-22,62-66,71H,7-17,19,23-61H2,1-6H3,(H,76,77)(H,78,79)/b20-18-,22-21-/t63?,64-,65-,66-/m1/s1. The van der Waals surface area contributed by atoms with Gasteiger partial charge in [-0.2, -0.15) is 0 Å². The monoisotopic (exact) mass is 1310 g/mol. The van der Waals surface area contributed by atoms with Gasteiger partial charge < -0.3 is 33.8 Å². The van der Waals surface area contributed by atoms with Gasteiger partial charge in [0.2, 0.25) is 0 Å². The zero-order chi connectivity index (χ0) is 65.7. The second-order valence-electron chi connectivity index (χ2n) is 25.3. The number of hydrogen-bond donors (Lipinski definition) is 3. The van der Waals surface area contributed by atoms with Gasteiger partial charge in [0.15, 0.2) is 12.2 Å². The van der Waals surface area contributed by atoms with Gasteiger partial charge in [0.1, 0.15) is 19.3 Å². The van der Waals surface area contributed by atoms with Crippen molar-refractivity contribution in [2.45, 2.75) is 349 Å². The van der Waals surface area contributed by atoms with Crippen molar-refractivity contribution in [3.8, 4) is 0 Å². The normalized spacial score (nSPS) is 14.6. The fourth-order valence-electron chi connectivity index (χ4n) is 10.0. The summed E-state index contributed by atoms with van der Waals surface area (Å²) in [5.74, 6) is -0.671. The summed E-state index contributed by atoms with van der Waals surface area (Å²) in [5.41, 5.74) is 0. The second-order valence-corrected chi connectivity index (χ2v) is 28.2. The van der Waals surface area contributed by atoms with E-state index in [4.69, 9.17) is 37.0 Å². The molecule has 19 heteroatoms. The summed E-state index contributed by atoms with van der Waals surface area (Å²) in [5, 5.41) is 10.6. The van der Waals surface area contributed by atoms with Crippen molar-refractivity contribution in [3.05, 3.63) is 24.3 Å². The smallest absolute Gasteiger partial charge is 0.462 e. The lowest BCUT2D eigenvalue weighted by Gasteiger charge is -2.21. The third-order valence-electron chi connectivity index (χ3n) is 15.9. The molecule has 3 unspecified atom stereocenters. The van der Waals surface area contributed by atoms with Crippen LogP contribution in [0.15, 0.2) is 24.3 Å². The van der Waals surface area contributed by atoms with Gasteiger partial charge >= 0.3 is 39.5 Å². The van der Waals surface area contributed by atoms with E-state index in [0.29, 0.717) is 25.7 Å². The number of phosphoric ester groups is 2. The van der Waals surface area contributed by atoms with Crippen LogP contribution in [0.5, 0.6) is 0 Å². The lowest BCUT2D eigenvalue weighted by molar-refractivity contribution is -0.161. The molecule has 0 spiro atoms.